The summed E-state index contributed by atoms with van der Waals surface area (Å²) in [5, 5.41) is 12.6. The van der Waals surface area contributed by atoms with E-state index in [0.29, 0.717) is 6.54 Å². The van der Waals surface area contributed by atoms with Gasteiger partial charge in [0.1, 0.15) is 0 Å². The summed E-state index contributed by atoms with van der Waals surface area (Å²) in [7, 11) is 0. The quantitative estimate of drug-likeness (QED) is 0.843. The van der Waals surface area contributed by atoms with Gasteiger partial charge in [0.15, 0.2) is 0 Å². The highest BCUT2D eigenvalue weighted by molar-refractivity contribution is 5.82. The lowest BCUT2D eigenvalue weighted by atomic mass is 9.93. The van der Waals surface area contributed by atoms with Crippen molar-refractivity contribution in [3.63, 3.8) is 0 Å². The molecule has 1 aromatic carbocycles. The van der Waals surface area contributed by atoms with Crippen LogP contribution < -0.4 is 5.32 Å². The monoisotopic (exact) mass is 274 g/mol. The van der Waals surface area contributed by atoms with Crippen molar-refractivity contribution in [1.82, 2.24) is 10.2 Å². The highest BCUT2D eigenvalue weighted by atomic mass is 16.3. The molecule has 2 heterocycles. The molecule has 2 atom stereocenters. The van der Waals surface area contributed by atoms with Crippen molar-refractivity contribution >= 4 is 5.91 Å². The average Bonchev–Trinajstić information content (AvgIpc) is 2.53. The third kappa shape index (κ3) is 2.72. The zero-order valence-corrected chi connectivity index (χ0v) is 11.7. The number of benzene rings is 1. The Balaban J connectivity index is 1.67. The molecular weight excluding hydrogens is 252 g/mol. The van der Waals surface area contributed by atoms with Crippen LogP contribution in [-0.4, -0.2) is 41.7 Å². The number of carbonyl (C=O) groups excluding carboxylic acids is 1. The number of hydrogen-bond donors (Lipinski definition) is 2. The van der Waals surface area contributed by atoms with E-state index in [1.165, 1.54) is 11.1 Å². The summed E-state index contributed by atoms with van der Waals surface area (Å²) >= 11 is 0. The molecule has 0 aromatic heterocycles. The number of nitrogens with zero attached hydrogens (tertiary/aromatic N) is 1. The Labute approximate surface area is 119 Å². The van der Waals surface area contributed by atoms with Gasteiger partial charge in [-0.3, -0.25) is 4.79 Å². The lowest BCUT2D eigenvalue weighted by molar-refractivity contribution is -0.135. The third-order valence-electron chi connectivity index (χ3n) is 4.47. The Kier molecular flexibility index (Phi) is 4.03. The molecule has 2 N–H and O–H groups in total. The number of carbonyl (C=O) groups is 1. The van der Waals surface area contributed by atoms with Gasteiger partial charge < -0.3 is 15.3 Å². The van der Waals surface area contributed by atoms with E-state index in [0.717, 1.165) is 32.4 Å². The Morgan fingerprint density at radius 1 is 1.35 bits per heavy atom. The maximum absolute atomic E-state index is 12.6. The van der Waals surface area contributed by atoms with Crippen LogP contribution in [-0.2, 0) is 17.8 Å². The van der Waals surface area contributed by atoms with Crippen LogP contribution in [0.2, 0.25) is 0 Å². The molecule has 2 aliphatic heterocycles. The zero-order chi connectivity index (χ0) is 13.9. The molecule has 1 saturated heterocycles. The number of fused-ring (bicyclic) bond motifs is 1. The number of hydrogen-bond acceptors (Lipinski definition) is 3. The minimum Gasteiger partial charge on any atom is -0.396 e. The fourth-order valence-electron chi connectivity index (χ4n) is 3.26. The zero-order valence-electron chi connectivity index (χ0n) is 11.7. The fraction of sp³-hybridized carbons (Fsp3) is 0.562. The Bertz CT molecular complexity index is 489. The molecule has 20 heavy (non-hydrogen) atoms. The first kappa shape index (κ1) is 13.6. The fourth-order valence-corrected chi connectivity index (χ4v) is 3.26. The van der Waals surface area contributed by atoms with Crippen LogP contribution in [0.25, 0.3) is 0 Å². The van der Waals surface area contributed by atoms with Gasteiger partial charge in [0.2, 0.25) is 5.91 Å². The molecule has 1 aromatic rings. The second-order valence-electron chi connectivity index (χ2n) is 5.88. The number of aliphatic hydroxyl groups is 1. The molecule has 4 nitrogen and oxygen atoms in total. The van der Waals surface area contributed by atoms with Crippen molar-refractivity contribution in [2.24, 2.45) is 5.92 Å². The number of rotatable bonds is 2. The van der Waals surface area contributed by atoms with Gasteiger partial charge in [0.05, 0.1) is 6.04 Å². The van der Waals surface area contributed by atoms with E-state index in [9.17, 15) is 9.90 Å². The van der Waals surface area contributed by atoms with Crippen molar-refractivity contribution in [1.29, 1.82) is 0 Å². The summed E-state index contributed by atoms with van der Waals surface area (Å²) in [6.07, 6.45) is 2.80. The van der Waals surface area contributed by atoms with Gasteiger partial charge in [-0.05, 0) is 36.3 Å². The van der Waals surface area contributed by atoms with Crippen molar-refractivity contribution in [3.05, 3.63) is 35.4 Å². The van der Waals surface area contributed by atoms with E-state index < -0.39 is 0 Å². The van der Waals surface area contributed by atoms with Crippen LogP contribution in [0.1, 0.15) is 24.0 Å². The highest BCUT2D eigenvalue weighted by Crippen LogP contribution is 2.20. The second kappa shape index (κ2) is 5.94. The highest BCUT2D eigenvalue weighted by Gasteiger charge is 2.30. The molecule has 0 spiro atoms. The van der Waals surface area contributed by atoms with E-state index >= 15 is 0 Å². The van der Waals surface area contributed by atoms with Crippen molar-refractivity contribution in [2.45, 2.75) is 31.8 Å². The number of piperidine rings is 1. The summed E-state index contributed by atoms with van der Waals surface area (Å²) in [6.45, 7) is 2.48. The summed E-state index contributed by atoms with van der Waals surface area (Å²) in [5.41, 5.74) is 2.57. The number of aliphatic hydroxyl groups excluding tert-OH is 1. The third-order valence-corrected chi connectivity index (χ3v) is 4.47. The second-order valence-corrected chi connectivity index (χ2v) is 5.88. The van der Waals surface area contributed by atoms with Crippen LogP contribution in [0, 0.1) is 5.92 Å². The summed E-state index contributed by atoms with van der Waals surface area (Å²) in [4.78, 5) is 14.5. The van der Waals surface area contributed by atoms with Gasteiger partial charge in [-0.15, -0.1) is 0 Å². The molecule has 0 radical (unpaired) electrons. The van der Waals surface area contributed by atoms with Gasteiger partial charge in [-0.2, -0.15) is 0 Å². The Hall–Kier alpha value is -1.39. The summed E-state index contributed by atoms with van der Waals surface area (Å²) in [6, 6.07) is 8.20. The minimum atomic E-state index is -0.109. The normalized spacial score (nSPS) is 26.1. The van der Waals surface area contributed by atoms with Crippen LogP contribution in [0.15, 0.2) is 24.3 Å². The summed E-state index contributed by atoms with van der Waals surface area (Å²) in [5.74, 6) is 0.446. The SMILES string of the molecule is O=C([C@H]1Cc2ccccc2CN1)N1CCCC(CO)C1. The predicted octanol–water partition coefficient (Wildman–Crippen LogP) is 0.932. The van der Waals surface area contributed by atoms with Crippen LogP contribution >= 0.6 is 0 Å². The standard InChI is InChI=1S/C16H22N2O2/c19-11-12-4-3-7-18(10-12)16(20)15-8-13-5-1-2-6-14(13)9-17-15/h1-2,5-6,12,15,17,19H,3-4,7-11H2/t12?,15-/m1/s1. The van der Waals surface area contributed by atoms with Crippen molar-refractivity contribution in [3.8, 4) is 0 Å². The molecular formula is C16H22N2O2. The number of nitrogens with one attached hydrogen (secondary N) is 1. The van der Waals surface area contributed by atoms with Gasteiger partial charge in [0.25, 0.3) is 0 Å². The first-order valence-corrected chi connectivity index (χ1v) is 7.47. The topological polar surface area (TPSA) is 52.6 Å². The van der Waals surface area contributed by atoms with Crippen molar-refractivity contribution < 1.29 is 9.90 Å². The van der Waals surface area contributed by atoms with Gasteiger partial charge in [-0.1, -0.05) is 24.3 Å². The van der Waals surface area contributed by atoms with E-state index in [1.54, 1.807) is 0 Å². The molecule has 0 aliphatic carbocycles. The predicted molar refractivity (Wildman–Crippen MR) is 77.2 cm³/mol. The Morgan fingerprint density at radius 2 is 2.15 bits per heavy atom. The molecule has 108 valence electrons. The first-order chi connectivity index (χ1) is 9.78. The molecule has 0 saturated carbocycles. The average molecular weight is 274 g/mol. The van der Waals surface area contributed by atoms with E-state index in [1.807, 2.05) is 17.0 Å². The molecule has 1 fully saturated rings. The number of likely N-dealkylation sites (tertiary alicyclic amines) is 1. The molecule has 1 unspecified atom stereocenters. The minimum absolute atomic E-state index is 0.109. The van der Waals surface area contributed by atoms with Crippen molar-refractivity contribution in [2.75, 3.05) is 19.7 Å². The number of amides is 1. The largest absolute Gasteiger partial charge is 0.396 e. The van der Waals surface area contributed by atoms with E-state index in [2.05, 4.69) is 17.4 Å². The first-order valence-electron chi connectivity index (χ1n) is 7.47. The molecule has 1 amide bonds. The maximum atomic E-state index is 12.6. The molecule has 3 rings (SSSR count). The van der Waals surface area contributed by atoms with Gasteiger partial charge in [0, 0.05) is 26.2 Å². The van der Waals surface area contributed by atoms with Gasteiger partial charge >= 0.3 is 0 Å². The molecule has 2 aliphatic rings. The van der Waals surface area contributed by atoms with Crippen LogP contribution in [0.5, 0.6) is 0 Å². The van der Waals surface area contributed by atoms with Crippen LogP contribution in [0.4, 0.5) is 0 Å². The lowest BCUT2D eigenvalue weighted by Gasteiger charge is -2.36. The Morgan fingerprint density at radius 3 is 2.95 bits per heavy atom. The van der Waals surface area contributed by atoms with E-state index in [4.69, 9.17) is 0 Å². The molecule has 4 heteroatoms. The van der Waals surface area contributed by atoms with Crippen LogP contribution in [0.3, 0.4) is 0 Å². The maximum Gasteiger partial charge on any atom is 0.240 e. The molecule has 0 bridgehead atoms. The van der Waals surface area contributed by atoms with E-state index in [-0.39, 0.29) is 24.5 Å². The smallest absolute Gasteiger partial charge is 0.240 e. The van der Waals surface area contributed by atoms with Gasteiger partial charge in [-0.25, -0.2) is 0 Å². The summed E-state index contributed by atoms with van der Waals surface area (Å²) < 4.78 is 0. The lowest BCUT2D eigenvalue weighted by Crippen LogP contribution is -2.52.